The molecule has 0 aliphatic carbocycles. The Bertz CT molecular complexity index is 361. The van der Waals surface area contributed by atoms with Crippen molar-refractivity contribution < 1.29 is 13.2 Å². The van der Waals surface area contributed by atoms with Crippen LogP contribution >= 0.6 is 0 Å². The standard InChI is InChI=1S/C10H18F3N5/c1-8(2)17(7-10(11,12)13)5-9-6-18(4-3-14)16-15-9/h6,8H,3-5,7,14H2,1-2H3. The van der Waals surface area contributed by atoms with Gasteiger partial charge >= 0.3 is 6.18 Å². The van der Waals surface area contributed by atoms with E-state index in [9.17, 15) is 13.2 Å². The largest absolute Gasteiger partial charge is 0.401 e. The summed E-state index contributed by atoms with van der Waals surface area (Å²) < 4.78 is 38.7. The Kier molecular flexibility index (Phi) is 5.09. The zero-order valence-electron chi connectivity index (χ0n) is 10.5. The predicted octanol–water partition coefficient (Wildman–Crippen LogP) is 1.01. The minimum Gasteiger partial charge on any atom is -0.329 e. The average Bonchev–Trinajstić information content (AvgIpc) is 2.63. The van der Waals surface area contributed by atoms with Crippen LogP contribution in [-0.2, 0) is 13.1 Å². The van der Waals surface area contributed by atoms with Crippen LogP contribution in [0.25, 0.3) is 0 Å². The Labute approximate surface area is 104 Å². The number of aromatic nitrogens is 3. The third-order valence-corrected chi connectivity index (χ3v) is 2.42. The van der Waals surface area contributed by atoms with E-state index in [1.165, 1.54) is 9.58 Å². The predicted molar refractivity (Wildman–Crippen MR) is 60.7 cm³/mol. The van der Waals surface area contributed by atoms with Crippen LogP contribution in [0.3, 0.4) is 0 Å². The molecule has 1 heterocycles. The molecule has 0 aliphatic heterocycles. The fraction of sp³-hybridized carbons (Fsp3) is 0.800. The maximum absolute atomic E-state index is 12.4. The van der Waals surface area contributed by atoms with E-state index in [-0.39, 0.29) is 12.6 Å². The lowest BCUT2D eigenvalue weighted by atomic mass is 10.3. The zero-order valence-corrected chi connectivity index (χ0v) is 10.5. The number of rotatable bonds is 6. The number of alkyl halides is 3. The summed E-state index contributed by atoms with van der Waals surface area (Å²) in [6, 6.07) is -0.216. The van der Waals surface area contributed by atoms with Crippen molar-refractivity contribution in [1.29, 1.82) is 0 Å². The fourth-order valence-electron chi connectivity index (χ4n) is 1.51. The van der Waals surface area contributed by atoms with E-state index < -0.39 is 12.7 Å². The van der Waals surface area contributed by atoms with Gasteiger partial charge in [-0.15, -0.1) is 5.10 Å². The molecule has 18 heavy (non-hydrogen) atoms. The first-order chi connectivity index (χ1) is 8.31. The lowest BCUT2D eigenvalue weighted by Gasteiger charge is -2.26. The zero-order chi connectivity index (χ0) is 13.8. The highest BCUT2D eigenvalue weighted by molar-refractivity contribution is 4.93. The third-order valence-electron chi connectivity index (χ3n) is 2.42. The number of hydrogen-bond donors (Lipinski definition) is 1. The molecule has 5 nitrogen and oxygen atoms in total. The van der Waals surface area contributed by atoms with Crippen LogP contribution in [0, 0.1) is 0 Å². The molecule has 0 fully saturated rings. The third kappa shape index (κ3) is 5.01. The van der Waals surface area contributed by atoms with Crippen molar-refractivity contribution in [3.05, 3.63) is 11.9 Å². The second-order valence-corrected chi connectivity index (χ2v) is 4.38. The molecule has 0 radical (unpaired) electrons. The summed E-state index contributed by atoms with van der Waals surface area (Å²) in [4.78, 5) is 1.30. The summed E-state index contributed by atoms with van der Waals surface area (Å²) >= 11 is 0. The molecule has 2 N–H and O–H groups in total. The highest BCUT2D eigenvalue weighted by atomic mass is 19.4. The van der Waals surface area contributed by atoms with Crippen LogP contribution in [-0.4, -0.2) is 45.2 Å². The molecule has 0 aliphatic rings. The number of hydrogen-bond acceptors (Lipinski definition) is 4. The minimum absolute atomic E-state index is 0.127. The van der Waals surface area contributed by atoms with Crippen molar-refractivity contribution in [2.45, 2.75) is 39.2 Å². The fourth-order valence-corrected chi connectivity index (χ4v) is 1.51. The molecule has 1 aromatic rings. The van der Waals surface area contributed by atoms with E-state index in [0.29, 0.717) is 18.8 Å². The van der Waals surface area contributed by atoms with Gasteiger partial charge in [-0.2, -0.15) is 13.2 Å². The summed E-state index contributed by atoms with van der Waals surface area (Å²) in [5, 5.41) is 7.63. The Hall–Kier alpha value is -1.15. The Morgan fingerprint density at radius 1 is 1.44 bits per heavy atom. The lowest BCUT2D eigenvalue weighted by Crippen LogP contribution is -2.38. The van der Waals surface area contributed by atoms with Crippen molar-refractivity contribution in [3.63, 3.8) is 0 Å². The second-order valence-electron chi connectivity index (χ2n) is 4.38. The van der Waals surface area contributed by atoms with E-state index in [4.69, 9.17) is 5.73 Å². The van der Waals surface area contributed by atoms with Crippen molar-refractivity contribution in [3.8, 4) is 0 Å². The van der Waals surface area contributed by atoms with Gasteiger partial charge in [0.2, 0.25) is 0 Å². The van der Waals surface area contributed by atoms with Crippen molar-refractivity contribution in [1.82, 2.24) is 19.9 Å². The van der Waals surface area contributed by atoms with Crippen LogP contribution in [0.5, 0.6) is 0 Å². The molecule has 0 aromatic carbocycles. The summed E-state index contributed by atoms with van der Waals surface area (Å²) in [6.07, 6.45) is -2.59. The van der Waals surface area contributed by atoms with Crippen LogP contribution in [0.4, 0.5) is 13.2 Å². The number of halogens is 3. The average molecular weight is 265 g/mol. The maximum atomic E-state index is 12.4. The maximum Gasteiger partial charge on any atom is 0.401 e. The van der Waals surface area contributed by atoms with Crippen molar-refractivity contribution in [2.24, 2.45) is 5.73 Å². The summed E-state index contributed by atoms with van der Waals surface area (Å²) in [5.41, 5.74) is 5.87. The Morgan fingerprint density at radius 3 is 2.61 bits per heavy atom. The smallest absolute Gasteiger partial charge is 0.329 e. The van der Waals surface area contributed by atoms with Crippen LogP contribution in [0.1, 0.15) is 19.5 Å². The van der Waals surface area contributed by atoms with Gasteiger partial charge in [0.05, 0.1) is 18.8 Å². The minimum atomic E-state index is -4.21. The molecule has 8 heteroatoms. The quantitative estimate of drug-likeness (QED) is 0.834. The van der Waals surface area contributed by atoms with E-state index >= 15 is 0 Å². The monoisotopic (exact) mass is 265 g/mol. The van der Waals surface area contributed by atoms with Gasteiger partial charge in [0.1, 0.15) is 0 Å². The lowest BCUT2D eigenvalue weighted by molar-refractivity contribution is -0.151. The molecule has 0 unspecified atom stereocenters. The first-order valence-corrected chi connectivity index (χ1v) is 5.71. The molecular weight excluding hydrogens is 247 g/mol. The van der Waals surface area contributed by atoms with E-state index in [0.717, 1.165) is 0 Å². The molecule has 0 saturated carbocycles. The molecule has 1 aromatic heterocycles. The van der Waals surface area contributed by atoms with Gasteiger partial charge in [0.15, 0.2) is 0 Å². The molecule has 104 valence electrons. The first-order valence-electron chi connectivity index (χ1n) is 5.71. The van der Waals surface area contributed by atoms with Gasteiger partial charge < -0.3 is 5.73 Å². The molecule has 0 atom stereocenters. The molecule has 0 spiro atoms. The Morgan fingerprint density at radius 2 is 2.11 bits per heavy atom. The topological polar surface area (TPSA) is 60.0 Å². The van der Waals surface area contributed by atoms with Gasteiger partial charge in [0, 0.05) is 25.3 Å². The number of nitrogens with two attached hydrogens (primary N) is 1. The van der Waals surface area contributed by atoms with Gasteiger partial charge in [-0.25, -0.2) is 0 Å². The highest BCUT2D eigenvalue weighted by Crippen LogP contribution is 2.19. The van der Waals surface area contributed by atoms with Gasteiger partial charge in [-0.3, -0.25) is 9.58 Å². The van der Waals surface area contributed by atoms with Crippen LogP contribution in [0.15, 0.2) is 6.20 Å². The van der Waals surface area contributed by atoms with Crippen molar-refractivity contribution in [2.75, 3.05) is 13.1 Å². The molecule has 0 saturated heterocycles. The second kappa shape index (κ2) is 6.14. The van der Waals surface area contributed by atoms with E-state index in [1.807, 2.05) is 0 Å². The normalized spacial score (nSPS) is 12.7. The van der Waals surface area contributed by atoms with Gasteiger partial charge in [-0.1, -0.05) is 5.21 Å². The molecule has 0 amide bonds. The summed E-state index contributed by atoms with van der Waals surface area (Å²) in [5.74, 6) is 0. The summed E-state index contributed by atoms with van der Waals surface area (Å²) in [6.45, 7) is 3.54. The van der Waals surface area contributed by atoms with Gasteiger partial charge in [-0.05, 0) is 13.8 Å². The molecular formula is C10H18F3N5. The van der Waals surface area contributed by atoms with Crippen LogP contribution < -0.4 is 5.73 Å². The highest BCUT2D eigenvalue weighted by Gasteiger charge is 2.32. The van der Waals surface area contributed by atoms with Crippen molar-refractivity contribution >= 4 is 0 Å². The van der Waals surface area contributed by atoms with Gasteiger partial charge in [0.25, 0.3) is 0 Å². The summed E-state index contributed by atoms with van der Waals surface area (Å²) in [7, 11) is 0. The molecule has 0 bridgehead atoms. The first kappa shape index (κ1) is 14.9. The SMILES string of the molecule is CC(C)N(Cc1cn(CCN)nn1)CC(F)(F)F. The Balaban J connectivity index is 2.65. The molecule has 1 rings (SSSR count). The van der Waals surface area contributed by atoms with E-state index in [2.05, 4.69) is 10.3 Å². The number of nitrogens with zero attached hydrogens (tertiary/aromatic N) is 4. The van der Waals surface area contributed by atoms with E-state index in [1.54, 1.807) is 20.0 Å². The van der Waals surface area contributed by atoms with Crippen LogP contribution in [0.2, 0.25) is 0 Å².